The average Bonchev–Trinajstić information content (AvgIpc) is 2.86. The van der Waals surface area contributed by atoms with Gasteiger partial charge >= 0.3 is 0 Å². The van der Waals surface area contributed by atoms with Gasteiger partial charge < -0.3 is 5.32 Å². The number of hydrogen-bond donors (Lipinski definition) is 1. The molecule has 1 atom stereocenters. The van der Waals surface area contributed by atoms with E-state index >= 15 is 0 Å². The molecule has 1 N–H and O–H groups in total. The molecule has 1 aromatic carbocycles. The lowest BCUT2D eigenvalue weighted by atomic mass is 9.85. The molecule has 0 aliphatic heterocycles. The fourth-order valence-electron chi connectivity index (χ4n) is 3.58. The summed E-state index contributed by atoms with van der Waals surface area (Å²) in [5, 5.41) is 4.22. The quantitative estimate of drug-likeness (QED) is 0.849. The average molecular weight is 295 g/mol. The first-order valence-corrected chi connectivity index (χ1v) is 8.04. The Hall–Kier alpha value is -0.570. The van der Waals surface area contributed by atoms with Crippen molar-refractivity contribution < 1.29 is 0 Å². The van der Waals surface area contributed by atoms with Crippen LogP contribution in [0.2, 0.25) is 5.02 Å². The SMILES string of the molecule is CNCC1(CN(C)C(C)c2cccc(Cl)c2)CCCC1. The molecular weight excluding hydrogens is 268 g/mol. The third-order valence-electron chi connectivity index (χ3n) is 4.79. The summed E-state index contributed by atoms with van der Waals surface area (Å²) >= 11 is 6.11. The van der Waals surface area contributed by atoms with Gasteiger partial charge in [-0.05, 0) is 57.0 Å². The third-order valence-corrected chi connectivity index (χ3v) is 5.03. The van der Waals surface area contributed by atoms with Crippen molar-refractivity contribution in [2.45, 2.75) is 38.6 Å². The van der Waals surface area contributed by atoms with E-state index in [1.807, 2.05) is 12.1 Å². The van der Waals surface area contributed by atoms with Crippen LogP contribution in [0, 0.1) is 5.41 Å². The largest absolute Gasteiger partial charge is 0.319 e. The Morgan fingerprint density at radius 2 is 2.05 bits per heavy atom. The Morgan fingerprint density at radius 3 is 2.65 bits per heavy atom. The highest BCUT2D eigenvalue weighted by molar-refractivity contribution is 6.30. The van der Waals surface area contributed by atoms with E-state index in [2.05, 4.69) is 43.4 Å². The van der Waals surface area contributed by atoms with Crippen LogP contribution in [-0.4, -0.2) is 32.1 Å². The molecule has 0 heterocycles. The van der Waals surface area contributed by atoms with Crippen molar-refractivity contribution in [1.29, 1.82) is 0 Å². The van der Waals surface area contributed by atoms with Gasteiger partial charge in [-0.15, -0.1) is 0 Å². The van der Waals surface area contributed by atoms with Gasteiger partial charge in [-0.1, -0.05) is 36.6 Å². The summed E-state index contributed by atoms with van der Waals surface area (Å²) in [7, 11) is 4.31. The monoisotopic (exact) mass is 294 g/mol. The highest BCUT2D eigenvalue weighted by atomic mass is 35.5. The maximum atomic E-state index is 6.11. The van der Waals surface area contributed by atoms with Crippen molar-refractivity contribution in [3.05, 3.63) is 34.9 Å². The van der Waals surface area contributed by atoms with Crippen LogP contribution in [-0.2, 0) is 0 Å². The molecular formula is C17H27ClN2. The number of rotatable bonds is 6. The summed E-state index contributed by atoms with van der Waals surface area (Å²) in [6.07, 6.45) is 5.45. The van der Waals surface area contributed by atoms with Gasteiger partial charge in [-0.2, -0.15) is 0 Å². The zero-order valence-corrected chi connectivity index (χ0v) is 13.7. The molecule has 1 aliphatic rings. The van der Waals surface area contributed by atoms with Crippen LogP contribution in [0.4, 0.5) is 0 Å². The van der Waals surface area contributed by atoms with E-state index in [-0.39, 0.29) is 0 Å². The molecule has 2 nitrogen and oxygen atoms in total. The van der Waals surface area contributed by atoms with Crippen molar-refractivity contribution in [3.63, 3.8) is 0 Å². The van der Waals surface area contributed by atoms with Crippen LogP contribution in [0.1, 0.15) is 44.2 Å². The predicted molar refractivity (Wildman–Crippen MR) is 87.3 cm³/mol. The second kappa shape index (κ2) is 6.93. The number of nitrogens with one attached hydrogen (secondary N) is 1. The van der Waals surface area contributed by atoms with Gasteiger partial charge in [-0.25, -0.2) is 0 Å². The lowest BCUT2D eigenvalue weighted by Gasteiger charge is -2.36. The van der Waals surface area contributed by atoms with Gasteiger partial charge in [0.1, 0.15) is 0 Å². The van der Waals surface area contributed by atoms with E-state index in [4.69, 9.17) is 11.6 Å². The van der Waals surface area contributed by atoms with Crippen LogP contribution >= 0.6 is 11.6 Å². The number of benzene rings is 1. The zero-order valence-electron chi connectivity index (χ0n) is 13.0. The molecule has 1 unspecified atom stereocenters. The van der Waals surface area contributed by atoms with Gasteiger partial charge in [0.25, 0.3) is 0 Å². The van der Waals surface area contributed by atoms with E-state index < -0.39 is 0 Å². The standard InChI is InChI=1S/C17H27ClN2/c1-14(15-7-6-8-16(18)11-15)20(3)13-17(12-19-2)9-4-5-10-17/h6-8,11,14,19H,4-5,9-10,12-13H2,1-3H3. The molecule has 0 amide bonds. The van der Waals surface area contributed by atoms with Crippen molar-refractivity contribution >= 4 is 11.6 Å². The normalized spacial score (nSPS) is 19.4. The van der Waals surface area contributed by atoms with E-state index in [1.165, 1.54) is 31.2 Å². The van der Waals surface area contributed by atoms with Crippen molar-refractivity contribution in [2.75, 3.05) is 27.2 Å². The lowest BCUT2D eigenvalue weighted by Crippen LogP contribution is -2.41. The topological polar surface area (TPSA) is 15.3 Å². The Labute approximate surface area is 128 Å². The third kappa shape index (κ3) is 3.75. The summed E-state index contributed by atoms with van der Waals surface area (Å²) < 4.78 is 0. The lowest BCUT2D eigenvalue weighted by molar-refractivity contribution is 0.143. The minimum absolute atomic E-state index is 0.406. The Bertz CT molecular complexity index is 427. The molecule has 1 saturated carbocycles. The minimum atomic E-state index is 0.406. The van der Waals surface area contributed by atoms with Crippen molar-refractivity contribution in [2.24, 2.45) is 5.41 Å². The van der Waals surface area contributed by atoms with Crippen LogP contribution in [0.3, 0.4) is 0 Å². The summed E-state index contributed by atoms with van der Waals surface area (Å²) in [5.74, 6) is 0. The van der Waals surface area contributed by atoms with E-state index in [1.54, 1.807) is 0 Å². The molecule has 0 spiro atoms. The van der Waals surface area contributed by atoms with Gasteiger partial charge in [-0.3, -0.25) is 4.90 Å². The fraction of sp³-hybridized carbons (Fsp3) is 0.647. The second-order valence-corrected chi connectivity index (χ2v) is 6.82. The first-order chi connectivity index (χ1) is 9.56. The minimum Gasteiger partial charge on any atom is -0.319 e. The van der Waals surface area contributed by atoms with Crippen molar-refractivity contribution in [1.82, 2.24) is 10.2 Å². The molecule has 1 fully saturated rings. The predicted octanol–water partition coefficient (Wildman–Crippen LogP) is 4.11. The molecule has 1 aliphatic carbocycles. The summed E-state index contributed by atoms with van der Waals surface area (Å²) in [5.41, 5.74) is 1.76. The molecule has 2 rings (SSSR count). The summed E-state index contributed by atoms with van der Waals surface area (Å²) in [6.45, 7) is 4.55. The molecule has 0 aromatic heterocycles. The van der Waals surface area contributed by atoms with E-state index in [0.29, 0.717) is 11.5 Å². The maximum Gasteiger partial charge on any atom is 0.0409 e. The summed E-state index contributed by atoms with van der Waals surface area (Å²) in [4.78, 5) is 2.48. The van der Waals surface area contributed by atoms with Crippen LogP contribution < -0.4 is 5.32 Å². The van der Waals surface area contributed by atoms with Crippen LogP contribution in [0.5, 0.6) is 0 Å². The van der Waals surface area contributed by atoms with Gasteiger partial charge in [0.2, 0.25) is 0 Å². The molecule has 0 radical (unpaired) electrons. The second-order valence-electron chi connectivity index (χ2n) is 6.38. The van der Waals surface area contributed by atoms with Crippen molar-refractivity contribution in [3.8, 4) is 0 Å². The Balaban J connectivity index is 2.04. The Morgan fingerprint density at radius 1 is 1.35 bits per heavy atom. The van der Waals surface area contributed by atoms with Gasteiger partial charge in [0.05, 0.1) is 0 Å². The first-order valence-electron chi connectivity index (χ1n) is 7.67. The first kappa shape index (κ1) is 15.8. The van der Waals surface area contributed by atoms with Crippen LogP contribution in [0.25, 0.3) is 0 Å². The molecule has 0 saturated heterocycles. The maximum absolute atomic E-state index is 6.11. The Kier molecular flexibility index (Phi) is 5.48. The van der Waals surface area contributed by atoms with Crippen LogP contribution in [0.15, 0.2) is 24.3 Å². The van der Waals surface area contributed by atoms with E-state index in [0.717, 1.165) is 18.1 Å². The molecule has 20 heavy (non-hydrogen) atoms. The molecule has 3 heteroatoms. The highest BCUT2D eigenvalue weighted by Gasteiger charge is 2.35. The molecule has 112 valence electrons. The van der Waals surface area contributed by atoms with Gasteiger partial charge in [0, 0.05) is 24.2 Å². The summed E-state index contributed by atoms with van der Waals surface area (Å²) in [6, 6.07) is 8.65. The van der Waals surface area contributed by atoms with Gasteiger partial charge in [0.15, 0.2) is 0 Å². The smallest absolute Gasteiger partial charge is 0.0409 e. The molecule has 1 aromatic rings. The number of hydrogen-bond acceptors (Lipinski definition) is 2. The molecule has 0 bridgehead atoms. The zero-order chi connectivity index (χ0) is 14.6. The highest BCUT2D eigenvalue weighted by Crippen LogP contribution is 2.39. The van der Waals surface area contributed by atoms with E-state index in [9.17, 15) is 0 Å². The number of halogens is 1. The number of nitrogens with zero attached hydrogens (tertiary/aromatic N) is 1. The fourth-order valence-corrected chi connectivity index (χ4v) is 3.78.